The predicted octanol–water partition coefficient (Wildman–Crippen LogP) is 1.87. The number of halogens is 2. The molecule has 0 heterocycles. The molecule has 0 radical (unpaired) electrons. The van der Waals surface area contributed by atoms with Gasteiger partial charge in [0.05, 0.1) is 10.9 Å². The normalized spacial score (nSPS) is 16.4. The van der Waals surface area contributed by atoms with Crippen LogP contribution in [0.1, 0.15) is 12.8 Å². The van der Waals surface area contributed by atoms with Gasteiger partial charge in [-0.2, -0.15) is 0 Å². The maximum Gasteiger partial charge on any atom is 0.235 e. The van der Waals surface area contributed by atoms with E-state index < -0.39 is 26.9 Å². The fourth-order valence-electron chi connectivity index (χ4n) is 1.19. The summed E-state index contributed by atoms with van der Waals surface area (Å²) >= 11 is 0. The zero-order valence-corrected chi connectivity index (χ0v) is 8.52. The van der Waals surface area contributed by atoms with Crippen LogP contribution in [0.2, 0.25) is 0 Å². The molecular weight excluding hydrogens is 224 g/mol. The number of hydrogen-bond donors (Lipinski definition) is 1. The molecule has 0 unspecified atom stereocenters. The van der Waals surface area contributed by atoms with Crippen molar-refractivity contribution in [1.29, 1.82) is 0 Å². The van der Waals surface area contributed by atoms with Crippen LogP contribution in [0, 0.1) is 11.6 Å². The topological polar surface area (TPSA) is 46.2 Å². The van der Waals surface area contributed by atoms with E-state index in [-0.39, 0.29) is 5.69 Å². The molecule has 1 N–H and O–H groups in total. The first kappa shape index (κ1) is 10.4. The Balaban J connectivity index is 2.27. The number of hydrogen-bond acceptors (Lipinski definition) is 2. The second-order valence-corrected chi connectivity index (χ2v) is 5.43. The molecule has 15 heavy (non-hydrogen) atoms. The van der Waals surface area contributed by atoms with E-state index in [0.717, 1.165) is 18.2 Å². The highest BCUT2D eigenvalue weighted by Gasteiger charge is 2.36. The smallest absolute Gasteiger partial charge is 0.235 e. The van der Waals surface area contributed by atoms with Gasteiger partial charge in [0.15, 0.2) is 0 Å². The van der Waals surface area contributed by atoms with Crippen LogP contribution >= 0.6 is 0 Å². The molecule has 0 aromatic heterocycles. The van der Waals surface area contributed by atoms with Crippen molar-refractivity contribution in [2.24, 2.45) is 0 Å². The molecule has 6 heteroatoms. The summed E-state index contributed by atoms with van der Waals surface area (Å²) in [5.41, 5.74) is -0.332. The first-order chi connectivity index (χ1) is 6.99. The van der Waals surface area contributed by atoms with E-state index in [1.807, 2.05) is 4.72 Å². The highest BCUT2D eigenvalue weighted by molar-refractivity contribution is 7.93. The van der Waals surface area contributed by atoms with E-state index >= 15 is 0 Å². The number of benzene rings is 1. The molecular formula is C9H9F2NO2S. The Morgan fingerprint density at radius 2 is 1.93 bits per heavy atom. The fraction of sp³-hybridized carbons (Fsp3) is 0.333. The van der Waals surface area contributed by atoms with Gasteiger partial charge < -0.3 is 0 Å². The number of nitrogens with one attached hydrogen (secondary N) is 1. The van der Waals surface area contributed by atoms with Crippen molar-refractivity contribution in [3.8, 4) is 0 Å². The van der Waals surface area contributed by atoms with E-state index in [4.69, 9.17) is 0 Å². The molecule has 0 bridgehead atoms. The van der Waals surface area contributed by atoms with Crippen LogP contribution in [0.15, 0.2) is 18.2 Å². The van der Waals surface area contributed by atoms with Crippen LogP contribution in [0.25, 0.3) is 0 Å². The van der Waals surface area contributed by atoms with E-state index in [2.05, 4.69) is 0 Å². The van der Waals surface area contributed by atoms with Crippen LogP contribution in [0.3, 0.4) is 0 Å². The molecule has 0 spiro atoms. The lowest BCUT2D eigenvalue weighted by Crippen LogP contribution is -2.18. The number of anilines is 1. The van der Waals surface area contributed by atoms with E-state index in [0.29, 0.717) is 12.8 Å². The Hall–Kier alpha value is -1.17. The average Bonchev–Trinajstić information content (AvgIpc) is 2.93. The summed E-state index contributed by atoms with van der Waals surface area (Å²) in [5, 5.41) is -0.458. The van der Waals surface area contributed by atoms with Crippen molar-refractivity contribution in [1.82, 2.24) is 0 Å². The highest BCUT2D eigenvalue weighted by Crippen LogP contribution is 2.30. The average molecular weight is 233 g/mol. The molecule has 1 saturated carbocycles. The fourth-order valence-corrected chi connectivity index (χ4v) is 2.58. The zero-order valence-electron chi connectivity index (χ0n) is 7.70. The van der Waals surface area contributed by atoms with Crippen LogP contribution in [0.4, 0.5) is 14.5 Å². The van der Waals surface area contributed by atoms with Crippen molar-refractivity contribution >= 4 is 15.7 Å². The first-order valence-electron chi connectivity index (χ1n) is 4.46. The molecule has 2 rings (SSSR count). The second-order valence-electron chi connectivity index (χ2n) is 3.47. The lowest BCUT2D eigenvalue weighted by Gasteiger charge is -2.07. The Bertz CT molecular complexity index is 483. The summed E-state index contributed by atoms with van der Waals surface area (Å²) in [6.07, 6.45) is 1.15. The van der Waals surface area contributed by atoms with Gasteiger partial charge in [0.1, 0.15) is 11.6 Å². The van der Waals surface area contributed by atoms with Gasteiger partial charge in [0, 0.05) is 6.07 Å². The van der Waals surface area contributed by atoms with E-state index in [9.17, 15) is 17.2 Å². The van der Waals surface area contributed by atoms with Gasteiger partial charge in [-0.25, -0.2) is 17.2 Å². The Labute approximate surface area is 86.2 Å². The summed E-state index contributed by atoms with van der Waals surface area (Å²) in [6, 6.07) is 2.65. The van der Waals surface area contributed by atoms with Crippen molar-refractivity contribution in [3.63, 3.8) is 0 Å². The maximum atomic E-state index is 13.1. The Morgan fingerprint density at radius 3 is 2.53 bits per heavy atom. The molecule has 0 atom stereocenters. The van der Waals surface area contributed by atoms with Gasteiger partial charge in [-0.05, 0) is 25.0 Å². The summed E-state index contributed by atoms with van der Waals surface area (Å²) < 4.78 is 50.7. The second kappa shape index (κ2) is 3.44. The molecule has 1 aromatic carbocycles. The first-order valence-corrected chi connectivity index (χ1v) is 6.00. The summed E-state index contributed by atoms with van der Waals surface area (Å²) in [4.78, 5) is 0. The molecule has 1 fully saturated rings. The lowest BCUT2D eigenvalue weighted by molar-refractivity contribution is 0.593. The summed E-state index contributed by atoms with van der Waals surface area (Å²) in [6.45, 7) is 0. The minimum absolute atomic E-state index is 0.332. The molecule has 1 aliphatic carbocycles. The van der Waals surface area contributed by atoms with Crippen molar-refractivity contribution in [3.05, 3.63) is 29.8 Å². The molecule has 0 amide bonds. The van der Waals surface area contributed by atoms with Crippen LogP contribution in [-0.2, 0) is 10.0 Å². The van der Waals surface area contributed by atoms with Gasteiger partial charge in [0.25, 0.3) is 0 Å². The van der Waals surface area contributed by atoms with Gasteiger partial charge in [0.2, 0.25) is 10.0 Å². The Kier molecular flexibility index (Phi) is 2.38. The van der Waals surface area contributed by atoms with Gasteiger partial charge in [-0.3, -0.25) is 4.72 Å². The van der Waals surface area contributed by atoms with Gasteiger partial charge in [-0.1, -0.05) is 0 Å². The molecule has 1 aliphatic rings. The quantitative estimate of drug-likeness (QED) is 0.866. The van der Waals surface area contributed by atoms with Crippen molar-refractivity contribution in [2.45, 2.75) is 18.1 Å². The molecule has 3 nitrogen and oxygen atoms in total. The van der Waals surface area contributed by atoms with Gasteiger partial charge in [-0.15, -0.1) is 0 Å². The summed E-state index contributed by atoms with van der Waals surface area (Å²) in [7, 11) is -3.54. The predicted molar refractivity (Wildman–Crippen MR) is 51.9 cm³/mol. The van der Waals surface area contributed by atoms with Crippen LogP contribution < -0.4 is 4.72 Å². The SMILES string of the molecule is O=S(=O)(Nc1cc(F)ccc1F)C1CC1. The van der Waals surface area contributed by atoms with Gasteiger partial charge >= 0.3 is 0 Å². The van der Waals surface area contributed by atoms with Crippen molar-refractivity contribution < 1.29 is 17.2 Å². The largest absolute Gasteiger partial charge is 0.280 e. The summed E-state index contributed by atoms with van der Waals surface area (Å²) in [5.74, 6) is -1.45. The third-order valence-corrected chi connectivity index (χ3v) is 4.00. The molecule has 1 aromatic rings. The maximum absolute atomic E-state index is 13.1. The molecule has 0 aliphatic heterocycles. The van der Waals surface area contributed by atoms with E-state index in [1.54, 1.807) is 0 Å². The Morgan fingerprint density at radius 1 is 1.27 bits per heavy atom. The minimum Gasteiger partial charge on any atom is -0.280 e. The van der Waals surface area contributed by atoms with E-state index in [1.165, 1.54) is 0 Å². The highest BCUT2D eigenvalue weighted by atomic mass is 32.2. The number of rotatable bonds is 3. The minimum atomic E-state index is -3.54. The van der Waals surface area contributed by atoms with Crippen LogP contribution in [-0.4, -0.2) is 13.7 Å². The third kappa shape index (κ3) is 2.26. The molecule has 0 saturated heterocycles. The zero-order chi connectivity index (χ0) is 11.1. The van der Waals surface area contributed by atoms with Crippen molar-refractivity contribution in [2.75, 3.05) is 4.72 Å². The monoisotopic (exact) mass is 233 g/mol. The third-order valence-electron chi connectivity index (χ3n) is 2.14. The van der Waals surface area contributed by atoms with Crippen LogP contribution in [0.5, 0.6) is 0 Å². The molecule has 82 valence electrons. The lowest BCUT2D eigenvalue weighted by atomic mass is 10.3. The standard InChI is InChI=1S/C9H9F2NO2S/c10-6-1-4-8(11)9(5-6)12-15(13,14)7-2-3-7/h1,4-5,7,12H,2-3H2. The number of sulfonamides is 1.